The molecule has 1 aromatic heterocycles. The van der Waals surface area contributed by atoms with Crippen molar-refractivity contribution < 1.29 is 4.79 Å². The molecule has 1 aromatic carbocycles. The Labute approximate surface area is 129 Å². The molecule has 0 fully saturated rings. The molecule has 5 heteroatoms. The summed E-state index contributed by atoms with van der Waals surface area (Å²) in [5.74, 6) is 0.0188. The molecule has 0 aliphatic heterocycles. The number of nitrogens with two attached hydrogens (primary N) is 1. The van der Waals surface area contributed by atoms with Crippen LogP contribution in [0.25, 0.3) is 11.3 Å². The topological polar surface area (TPSA) is 68.0 Å². The normalized spacial score (nSPS) is 13.7. The van der Waals surface area contributed by atoms with Crippen LogP contribution in [0.1, 0.15) is 25.3 Å². The highest BCUT2D eigenvalue weighted by Crippen LogP contribution is 2.24. The van der Waals surface area contributed by atoms with Crippen LogP contribution >= 0.6 is 11.3 Å². The van der Waals surface area contributed by atoms with Crippen LogP contribution in [-0.4, -0.2) is 16.9 Å². The molecule has 4 nitrogen and oxygen atoms in total. The molecule has 0 saturated carbocycles. The SMILES string of the molecule is CCC(C)[C@H](N)C(=O)Nc1cccc(-c2csc(C)n2)c1. The van der Waals surface area contributed by atoms with Crippen molar-refractivity contribution >= 4 is 22.9 Å². The molecule has 0 radical (unpaired) electrons. The standard InChI is InChI=1S/C16H21N3OS/c1-4-10(2)15(17)16(20)19-13-7-5-6-12(8-13)14-9-21-11(3)18-14/h5-10,15H,4,17H2,1-3H3,(H,19,20)/t10?,15-/m0/s1. The lowest BCUT2D eigenvalue weighted by molar-refractivity contribution is -0.118. The number of amides is 1. The summed E-state index contributed by atoms with van der Waals surface area (Å²) in [7, 11) is 0. The number of aryl methyl sites for hydroxylation is 1. The monoisotopic (exact) mass is 303 g/mol. The van der Waals surface area contributed by atoms with E-state index in [-0.39, 0.29) is 11.8 Å². The van der Waals surface area contributed by atoms with E-state index in [4.69, 9.17) is 5.73 Å². The first kappa shape index (κ1) is 15.7. The molecule has 2 rings (SSSR count). The number of carbonyl (C=O) groups excluding carboxylic acids is 1. The highest BCUT2D eigenvalue weighted by Gasteiger charge is 2.19. The van der Waals surface area contributed by atoms with Crippen LogP contribution in [0, 0.1) is 12.8 Å². The zero-order valence-electron chi connectivity index (χ0n) is 12.6. The van der Waals surface area contributed by atoms with Crippen LogP contribution in [0.3, 0.4) is 0 Å². The molecule has 0 spiro atoms. The van der Waals surface area contributed by atoms with E-state index >= 15 is 0 Å². The van der Waals surface area contributed by atoms with E-state index < -0.39 is 6.04 Å². The van der Waals surface area contributed by atoms with Gasteiger partial charge in [-0.15, -0.1) is 11.3 Å². The average molecular weight is 303 g/mol. The second kappa shape index (κ2) is 6.83. The molecule has 0 bridgehead atoms. The van der Waals surface area contributed by atoms with Gasteiger partial charge in [-0.2, -0.15) is 0 Å². The van der Waals surface area contributed by atoms with Gasteiger partial charge in [0.15, 0.2) is 0 Å². The average Bonchev–Trinajstić information content (AvgIpc) is 2.92. The first-order valence-electron chi connectivity index (χ1n) is 7.10. The summed E-state index contributed by atoms with van der Waals surface area (Å²) < 4.78 is 0. The van der Waals surface area contributed by atoms with E-state index in [0.29, 0.717) is 0 Å². The van der Waals surface area contributed by atoms with Crippen molar-refractivity contribution in [2.24, 2.45) is 11.7 Å². The molecular weight excluding hydrogens is 282 g/mol. The fraction of sp³-hybridized carbons (Fsp3) is 0.375. The third-order valence-electron chi connectivity index (χ3n) is 3.60. The molecule has 2 atom stereocenters. The number of anilines is 1. The van der Waals surface area contributed by atoms with Gasteiger partial charge in [-0.1, -0.05) is 32.4 Å². The number of thiazole rings is 1. The highest BCUT2D eigenvalue weighted by molar-refractivity contribution is 7.09. The van der Waals surface area contributed by atoms with Crippen LogP contribution < -0.4 is 11.1 Å². The minimum atomic E-state index is -0.486. The zero-order chi connectivity index (χ0) is 15.4. The molecule has 112 valence electrons. The Morgan fingerprint density at radius 3 is 2.86 bits per heavy atom. The molecule has 2 aromatic rings. The van der Waals surface area contributed by atoms with Gasteiger partial charge < -0.3 is 11.1 Å². The Balaban J connectivity index is 2.13. The molecule has 1 amide bonds. The van der Waals surface area contributed by atoms with E-state index in [9.17, 15) is 4.79 Å². The number of carbonyl (C=O) groups is 1. The van der Waals surface area contributed by atoms with Crippen molar-refractivity contribution in [1.82, 2.24) is 4.98 Å². The number of benzene rings is 1. The maximum absolute atomic E-state index is 12.1. The van der Waals surface area contributed by atoms with Gasteiger partial charge in [-0.3, -0.25) is 4.79 Å². The summed E-state index contributed by atoms with van der Waals surface area (Å²) in [4.78, 5) is 16.6. The summed E-state index contributed by atoms with van der Waals surface area (Å²) in [6.45, 7) is 5.99. The summed E-state index contributed by atoms with van der Waals surface area (Å²) >= 11 is 1.61. The van der Waals surface area contributed by atoms with Gasteiger partial charge in [0.2, 0.25) is 5.91 Å². The highest BCUT2D eigenvalue weighted by atomic mass is 32.1. The Bertz CT molecular complexity index is 623. The molecule has 0 aliphatic rings. The van der Waals surface area contributed by atoms with Crippen LogP contribution in [0.15, 0.2) is 29.6 Å². The van der Waals surface area contributed by atoms with Crippen LogP contribution in [0.5, 0.6) is 0 Å². The number of hydrogen-bond donors (Lipinski definition) is 2. The molecule has 21 heavy (non-hydrogen) atoms. The van der Waals surface area contributed by atoms with Crippen molar-refractivity contribution in [2.45, 2.75) is 33.2 Å². The summed E-state index contributed by atoms with van der Waals surface area (Å²) in [5, 5.41) is 5.93. The summed E-state index contributed by atoms with van der Waals surface area (Å²) in [6.07, 6.45) is 0.882. The number of rotatable bonds is 5. The van der Waals surface area contributed by atoms with Gasteiger partial charge in [-0.25, -0.2) is 4.98 Å². The second-order valence-corrected chi connectivity index (χ2v) is 6.30. The second-order valence-electron chi connectivity index (χ2n) is 5.23. The predicted molar refractivity (Wildman–Crippen MR) is 88.3 cm³/mol. The fourth-order valence-electron chi connectivity index (χ4n) is 1.99. The zero-order valence-corrected chi connectivity index (χ0v) is 13.4. The van der Waals surface area contributed by atoms with Gasteiger partial charge in [0.25, 0.3) is 0 Å². The first-order chi connectivity index (χ1) is 10.0. The quantitative estimate of drug-likeness (QED) is 0.889. The molecule has 1 unspecified atom stereocenters. The van der Waals surface area contributed by atoms with Gasteiger partial charge in [0.1, 0.15) is 0 Å². The van der Waals surface area contributed by atoms with E-state index in [1.54, 1.807) is 11.3 Å². The lowest BCUT2D eigenvalue weighted by atomic mass is 9.99. The number of aromatic nitrogens is 1. The van der Waals surface area contributed by atoms with Crippen molar-refractivity contribution in [3.63, 3.8) is 0 Å². The van der Waals surface area contributed by atoms with E-state index in [0.717, 1.165) is 28.4 Å². The smallest absolute Gasteiger partial charge is 0.241 e. The lowest BCUT2D eigenvalue weighted by Gasteiger charge is -2.17. The van der Waals surface area contributed by atoms with E-state index in [1.807, 2.05) is 50.4 Å². The van der Waals surface area contributed by atoms with Gasteiger partial charge >= 0.3 is 0 Å². The van der Waals surface area contributed by atoms with Gasteiger partial charge in [0.05, 0.1) is 16.7 Å². The van der Waals surface area contributed by atoms with Crippen LogP contribution in [0.4, 0.5) is 5.69 Å². The lowest BCUT2D eigenvalue weighted by Crippen LogP contribution is -2.40. The van der Waals surface area contributed by atoms with E-state index in [2.05, 4.69) is 10.3 Å². The predicted octanol–water partition coefficient (Wildman–Crippen LogP) is 3.43. The first-order valence-corrected chi connectivity index (χ1v) is 7.98. The third kappa shape index (κ3) is 3.89. The summed E-state index contributed by atoms with van der Waals surface area (Å²) in [5.41, 5.74) is 8.63. The minimum Gasteiger partial charge on any atom is -0.325 e. The number of nitrogens with one attached hydrogen (secondary N) is 1. The Morgan fingerprint density at radius 1 is 1.48 bits per heavy atom. The molecule has 0 aliphatic carbocycles. The molecule has 0 saturated heterocycles. The van der Waals surface area contributed by atoms with Crippen molar-refractivity contribution in [3.8, 4) is 11.3 Å². The van der Waals surface area contributed by atoms with Gasteiger partial charge in [0, 0.05) is 16.6 Å². The Morgan fingerprint density at radius 2 is 2.24 bits per heavy atom. The summed E-state index contributed by atoms with van der Waals surface area (Å²) in [6, 6.07) is 7.20. The van der Waals surface area contributed by atoms with Crippen molar-refractivity contribution in [2.75, 3.05) is 5.32 Å². The van der Waals surface area contributed by atoms with Gasteiger partial charge in [-0.05, 0) is 25.0 Å². The Hall–Kier alpha value is -1.72. The van der Waals surface area contributed by atoms with Crippen LogP contribution in [0.2, 0.25) is 0 Å². The largest absolute Gasteiger partial charge is 0.325 e. The van der Waals surface area contributed by atoms with Crippen molar-refractivity contribution in [3.05, 3.63) is 34.7 Å². The number of nitrogens with zero attached hydrogens (tertiary/aromatic N) is 1. The molecular formula is C16H21N3OS. The molecule has 1 heterocycles. The fourth-order valence-corrected chi connectivity index (χ4v) is 2.61. The third-order valence-corrected chi connectivity index (χ3v) is 4.38. The van der Waals surface area contributed by atoms with Crippen LogP contribution in [-0.2, 0) is 4.79 Å². The Kier molecular flexibility index (Phi) is 5.09. The van der Waals surface area contributed by atoms with E-state index in [1.165, 1.54) is 0 Å². The van der Waals surface area contributed by atoms with Crippen molar-refractivity contribution in [1.29, 1.82) is 0 Å². The maximum atomic E-state index is 12.1. The minimum absolute atomic E-state index is 0.143. The molecule has 3 N–H and O–H groups in total. The maximum Gasteiger partial charge on any atom is 0.241 e. The number of hydrogen-bond acceptors (Lipinski definition) is 4.